The first-order valence-corrected chi connectivity index (χ1v) is 14.5. The first-order valence-electron chi connectivity index (χ1n) is 8.75. The Kier molecular flexibility index (Phi) is 5.18. The third kappa shape index (κ3) is 3.41. The summed E-state index contributed by atoms with van der Waals surface area (Å²) in [4.78, 5) is 15.0. The summed E-state index contributed by atoms with van der Waals surface area (Å²) in [6.07, 6.45) is 2.67. The van der Waals surface area contributed by atoms with E-state index in [9.17, 15) is 9.18 Å². The quantitative estimate of drug-likeness (QED) is 0.394. The molecule has 4 nitrogen and oxygen atoms in total. The van der Waals surface area contributed by atoms with Crippen molar-refractivity contribution in [2.24, 2.45) is 15.0 Å². The third-order valence-electron chi connectivity index (χ3n) is 5.10. The number of benzene rings is 1. The second-order valence-corrected chi connectivity index (χ2v) is 14.8. The van der Waals surface area contributed by atoms with Gasteiger partial charge in [-0.1, -0.05) is 0 Å². The van der Waals surface area contributed by atoms with Crippen molar-refractivity contribution in [2.45, 2.75) is 25.8 Å². The van der Waals surface area contributed by atoms with Crippen molar-refractivity contribution in [3.63, 3.8) is 0 Å². The van der Waals surface area contributed by atoms with Crippen LogP contribution in [0.25, 0.3) is 0 Å². The number of amides is 1. The monoisotopic (exact) mass is 471 g/mol. The molecule has 3 rings (SSSR count). The van der Waals surface area contributed by atoms with Gasteiger partial charge in [-0.3, -0.25) is 0 Å². The normalized spacial score (nSPS) is 28.6. The molecule has 2 N–H and O–H groups in total. The van der Waals surface area contributed by atoms with Crippen LogP contribution in [-0.4, -0.2) is 39.7 Å². The Morgan fingerprint density at radius 1 is 1.54 bits per heavy atom. The fourth-order valence-electron chi connectivity index (χ4n) is 3.70. The van der Waals surface area contributed by atoms with E-state index in [0.29, 0.717) is 11.3 Å². The number of carbonyl (C=O) groups excluding carboxylic acids is 1. The molecular formula is C20H27FIN3O. The summed E-state index contributed by atoms with van der Waals surface area (Å²) in [6, 6.07) is 5.09. The Morgan fingerprint density at radius 3 is 2.88 bits per heavy atom. The molecule has 142 valence electrons. The Hall–Kier alpha value is -1.41. The van der Waals surface area contributed by atoms with Gasteiger partial charge in [0.25, 0.3) is 0 Å². The van der Waals surface area contributed by atoms with Crippen LogP contribution in [0.4, 0.5) is 4.39 Å². The molecule has 0 spiro atoms. The fraction of sp³-hybridized carbons (Fsp3) is 0.450. The van der Waals surface area contributed by atoms with E-state index in [-0.39, 0.29) is 23.6 Å². The molecule has 0 radical (unpaired) electrons. The van der Waals surface area contributed by atoms with E-state index < -0.39 is 23.8 Å². The molecule has 1 saturated heterocycles. The Labute approximate surface area is 158 Å². The zero-order valence-corrected chi connectivity index (χ0v) is 17.8. The molecule has 1 aromatic rings. The van der Waals surface area contributed by atoms with Crippen molar-refractivity contribution in [3.05, 3.63) is 45.8 Å². The van der Waals surface area contributed by atoms with Crippen molar-refractivity contribution >= 4 is 34.4 Å². The van der Waals surface area contributed by atoms with Gasteiger partial charge in [-0.15, -0.1) is 0 Å². The van der Waals surface area contributed by atoms with Gasteiger partial charge >= 0.3 is 159 Å². The van der Waals surface area contributed by atoms with E-state index in [4.69, 9.17) is 3.21 Å². The van der Waals surface area contributed by atoms with Gasteiger partial charge in [0.05, 0.1) is 0 Å². The zero-order chi connectivity index (χ0) is 19.1. The van der Waals surface area contributed by atoms with Crippen LogP contribution in [-0.2, 0) is 4.79 Å². The summed E-state index contributed by atoms with van der Waals surface area (Å²) in [5.41, 5.74) is 0.365. The van der Waals surface area contributed by atoms with E-state index in [1.54, 1.807) is 12.1 Å². The number of carbonyl (C=O) groups is 1. The Bertz CT molecular complexity index is 824. The molecule has 1 aromatic carbocycles. The second-order valence-electron chi connectivity index (χ2n) is 7.62. The number of hydrogen-bond acceptors (Lipinski definition) is 3. The molecule has 26 heavy (non-hydrogen) atoms. The Morgan fingerprint density at radius 2 is 2.27 bits per heavy atom. The maximum absolute atomic E-state index is 14.6. The average molecular weight is 471 g/mol. The van der Waals surface area contributed by atoms with Crippen LogP contribution >= 0.6 is 18.2 Å². The van der Waals surface area contributed by atoms with Crippen molar-refractivity contribution in [3.8, 4) is 0 Å². The number of nitrogens with zero attached hydrogens (tertiary/aromatic N) is 1. The average Bonchev–Trinajstić information content (AvgIpc) is 3.15. The van der Waals surface area contributed by atoms with Gasteiger partial charge in [0, 0.05) is 0 Å². The molecule has 1 fully saturated rings. The van der Waals surface area contributed by atoms with Gasteiger partial charge in [0.1, 0.15) is 0 Å². The zero-order valence-electron chi connectivity index (χ0n) is 15.6. The molecule has 0 saturated carbocycles. The number of alkyl halides is 1. The molecule has 0 bridgehead atoms. The Balaban J connectivity index is 1.90. The van der Waals surface area contributed by atoms with Crippen molar-refractivity contribution in [2.75, 3.05) is 18.0 Å². The summed E-state index contributed by atoms with van der Waals surface area (Å²) >= 11 is -2.83. The summed E-state index contributed by atoms with van der Waals surface area (Å²) < 4.78 is 24.7. The van der Waals surface area contributed by atoms with Crippen molar-refractivity contribution in [1.29, 1.82) is 0 Å². The second kappa shape index (κ2) is 6.96. The minimum atomic E-state index is -2.83. The number of hydrogen-bond donors (Lipinski definition) is 2. The van der Waals surface area contributed by atoms with Gasteiger partial charge in [-0.05, 0) is 0 Å². The van der Waals surface area contributed by atoms with Crippen LogP contribution < -0.4 is 10.6 Å². The molecule has 6 heteroatoms. The molecule has 2 aliphatic rings. The predicted octanol–water partition coefficient (Wildman–Crippen LogP) is 3.12. The number of rotatable bonds is 5. The summed E-state index contributed by atoms with van der Waals surface area (Å²) in [7, 11) is 0. The van der Waals surface area contributed by atoms with E-state index >= 15 is 0 Å². The fourth-order valence-corrected chi connectivity index (χ4v) is 8.53. The van der Waals surface area contributed by atoms with Gasteiger partial charge in [-0.25, -0.2) is 0 Å². The number of halogens is 2. The van der Waals surface area contributed by atoms with Gasteiger partial charge in [-0.2, -0.15) is 0 Å². The molecule has 0 aliphatic carbocycles. The van der Waals surface area contributed by atoms with E-state index in [1.807, 2.05) is 24.8 Å². The van der Waals surface area contributed by atoms with Crippen LogP contribution in [0.5, 0.6) is 0 Å². The molecule has 0 aromatic heterocycles. The topological polar surface area (TPSA) is 53.5 Å². The standard InChI is InChI=1S/C20H27FIN3O/c1-6-14(13-10-11-23-12-13)19(26)24-20(2,3)18-17-15(21)8-7-9-16(17)22(4,5)25-18/h6-9,13-14,23H,1,4,10-12H2,2-3,5H3,(H,24,26)/t13-,14+/m0/s1. The van der Waals surface area contributed by atoms with Crippen molar-refractivity contribution < 1.29 is 9.18 Å². The third-order valence-corrected chi connectivity index (χ3v) is 10.0. The first-order chi connectivity index (χ1) is 12.2. The first kappa shape index (κ1) is 19.4. The molecule has 1 amide bonds. The maximum atomic E-state index is 14.6. The SMILES string of the molecule is C=C[C@@H](C(=O)NC(C)(C)C1=NI(=C)(C)c2cccc(F)c21)[C@H]1CCNC1. The molecule has 1 unspecified atom stereocenters. The predicted molar refractivity (Wildman–Crippen MR) is 116 cm³/mol. The summed E-state index contributed by atoms with van der Waals surface area (Å²) in [5, 5.41) is 6.39. The molecule has 2 heterocycles. The van der Waals surface area contributed by atoms with Crippen LogP contribution in [0.2, 0.25) is 0 Å². The molecule has 2 aliphatic heterocycles. The van der Waals surface area contributed by atoms with Crippen molar-refractivity contribution in [1.82, 2.24) is 10.6 Å². The number of nitrogens with one attached hydrogen (secondary N) is 2. The summed E-state index contributed by atoms with van der Waals surface area (Å²) in [6.45, 7) is 9.35. The van der Waals surface area contributed by atoms with E-state index in [2.05, 4.69) is 21.7 Å². The number of fused-ring (bicyclic) bond motifs is 1. The van der Waals surface area contributed by atoms with Crippen LogP contribution in [0.3, 0.4) is 0 Å². The van der Waals surface area contributed by atoms with Gasteiger partial charge < -0.3 is 0 Å². The van der Waals surface area contributed by atoms with E-state index in [0.717, 1.165) is 23.1 Å². The van der Waals surface area contributed by atoms with Gasteiger partial charge in [0.15, 0.2) is 0 Å². The minimum absolute atomic E-state index is 0.0800. The molecular weight excluding hydrogens is 444 g/mol. The van der Waals surface area contributed by atoms with E-state index in [1.165, 1.54) is 6.07 Å². The molecule has 3 atom stereocenters. The van der Waals surface area contributed by atoms with Crippen LogP contribution in [0.1, 0.15) is 25.8 Å². The van der Waals surface area contributed by atoms with Crippen LogP contribution in [0.15, 0.2) is 34.1 Å². The summed E-state index contributed by atoms with van der Waals surface area (Å²) in [5.74, 6) is -0.394. The van der Waals surface area contributed by atoms with Gasteiger partial charge in [0.2, 0.25) is 0 Å². The van der Waals surface area contributed by atoms with Crippen LogP contribution in [0, 0.1) is 21.2 Å².